The second kappa shape index (κ2) is 7.39. The molecule has 0 aromatic heterocycles. The number of hydrogen-bond acceptors (Lipinski definition) is 3. The minimum absolute atomic E-state index is 0.186. The van der Waals surface area contributed by atoms with Crippen LogP contribution in [0.4, 0.5) is 0 Å². The van der Waals surface area contributed by atoms with Gasteiger partial charge in [0.15, 0.2) is 0 Å². The molecule has 0 bridgehead atoms. The summed E-state index contributed by atoms with van der Waals surface area (Å²) in [6.07, 6.45) is 2.09. The SMILES string of the molecule is N#CCCCCOc1c(Br)cc(C(=O)O)cc1Br. The summed E-state index contributed by atoms with van der Waals surface area (Å²) in [5, 5.41) is 17.3. The van der Waals surface area contributed by atoms with Gasteiger partial charge in [-0.1, -0.05) is 0 Å². The molecule has 6 heteroatoms. The summed E-state index contributed by atoms with van der Waals surface area (Å²) in [5.74, 6) is -0.408. The summed E-state index contributed by atoms with van der Waals surface area (Å²) in [7, 11) is 0. The molecule has 0 saturated heterocycles. The van der Waals surface area contributed by atoms with E-state index in [9.17, 15) is 4.79 Å². The van der Waals surface area contributed by atoms with Gasteiger partial charge < -0.3 is 9.84 Å². The molecule has 0 amide bonds. The first kappa shape index (κ1) is 15.0. The molecule has 1 aromatic carbocycles. The standard InChI is InChI=1S/C12H11Br2NO3/c13-9-6-8(12(16)17)7-10(14)11(9)18-5-3-1-2-4-15/h6-7H,1-3,5H2,(H,16,17). The van der Waals surface area contributed by atoms with Crippen molar-refractivity contribution in [1.29, 1.82) is 5.26 Å². The van der Waals surface area contributed by atoms with Crippen LogP contribution in [0.1, 0.15) is 29.6 Å². The first-order chi connectivity index (χ1) is 8.56. The van der Waals surface area contributed by atoms with Gasteiger partial charge in [0.2, 0.25) is 0 Å². The van der Waals surface area contributed by atoms with Crippen molar-refractivity contribution in [3.8, 4) is 11.8 Å². The molecule has 0 unspecified atom stereocenters. The zero-order valence-corrected chi connectivity index (χ0v) is 12.6. The zero-order valence-electron chi connectivity index (χ0n) is 9.45. The molecule has 0 heterocycles. The predicted molar refractivity (Wildman–Crippen MR) is 73.8 cm³/mol. The highest BCUT2D eigenvalue weighted by molar-refractivity contribution is 9.11. The number of aromatic carboxylic acids is 1. The molecular formula is C12H11Br2NO3. The molecule has 0 spiro atoms. The maximum Gasteiger partial charge on any atom is 0.335 e. The summed E-state index contributed by atoms with van der Waals surface area (Å²) in [4.78, 5) is 10.8. The van der Waals surface area contributed by atoms with E-state index in [0.717, 1.165) is 12.8 Å². The third-order valence-corrected chi connectivity index (χ3v) is 3.35. The van der Waals surface area contributed by atoms with Crippen LogP contribution in [0.2, 0.25) is 0 Å². The van der Waals surface area contributed by atoms with E-state index in [1.54, 1.807) is 0 Å². The maximum absolute atomic E-state index is 10.8. The first-order valence-corrected chi connectivity index (χ1v) is 6.87. The van der Waals surface area contributed by atoms with Crippen molar-refractivity contribution in [3.05, 3.63) is 26.6 Å². The monoisotopic (exact) mass is 375 g/mol. The lowest BCUT2D eigenvalue weighted by Crippen LogP contribution is -2.01. The number of unbranched alkanes of at least 4 members (excludes halogenated alkanes) is 2. The van der Waals surface area contributed by atoms with Crippen LogP contribution in [0.25, 0.3) is 0 Å². The van der Waals surface area contributed by atoms with Crippen molar-refractivity contribution in [2.75, 3.05) is 6.61 Å². The smallest absolute Gasteiger partial charge is 0.335 e. The van der Waals surface area contributed by atoms with Crippen LogP contribution in [0, 0.1) is 11.3 Å². The van der Waals surface area contributed by atoms with Crippen LogP contribution >= 0.6 is 31.9 Å². The van der Waals surface area contributed by atoms with E-state index >= 15 is 0 Å². The van der Waals surface area contributed by atoms with E-state index in [-0.39, 0.29) is 5.56 Å². The third-order valence-electron chi connectivity index (χ3n) is 2.17. The Labute approximate surface area is 122 Å². The van der Waals surface area contributed by atoms with Crippen molar-refractivity contribution >= 4 is 37.8 Å². The van der Waals surface area contributed by atoms with Crippen molar-refractivity contribution in [2.24, 2.45) is 0 Å². The molecule has 96 valence electrons. The maximum atomic E-state index is 10.8. The number of rotatable bonds is 6. The highest BCUT2D eigenvalue weighted by Crippen LogP contribution is 2.34. The first-order valence-electron chi connectivity index (χ1n) is 5.28. The molecular weight excluding hydrogens is 366 g/mol. The topological polar surface area (TPSA) is 70.3 Å². The molecule has 1 aromatic rings. The summed E-state index contributed by atoms with van der Waals surface area (Å²) in [6.45, 7) is 0.491. The van der Waals surface area contributed by atoms with Crippen LogP contribution in [0.15, 0.2) is 21.1 Å². The van der Waals surface area contributed by atoms with Crippen LogP contribution in [0.5, 0.6) is 5.75 Å². The Kier molecular flexibility index (Phi) is 6.16. The van der Waals surface area contributed by atoms with Gasteiger partial charge in [0.1, 0.15) is 5.75 Å². The van der Waals surface area contributed by atoms with Crippen molar-refractivity contribution in [2.45, 2.75) is 19.3 Å². The lowest BCUT2D eigenvalue weighted by Gasteiger charge is -2.10. The Bertz CT molecular complexity index is 460. The molecule has 0 aliphatic heterocycles. The number of carboxylic acids is 1. The Morgan fingerprint density at radius 2 is 1.94 bits per heavy atom. The fourth-order valence-corrected chi connectivity index (χ4v) is 2.72. The van der Waals surface area contributed by atoms with Crippen molar-refractivity contribution in [1.82, 2.24) is 0 Å². The summed E-state index contributed by atoms with van der Waals surface area (Å²) >= 11 is 6.56. The normalized spacial score (nSPS) is 9.83. The van der Waals surface area contributed by atoms with Crippen LogP contribution in [-0.4, -0.2) is 17.7 Å². The second-order valence-electron chi connectivity index (χ2n) is 3.54. The molecule has 0 aliphatic rings. The quantitative estimate of drug-likeness (QED) is 0.762. The fraction of sp³-hybridized carbons (Fsp3) is 0.333. The molecule has 4 nitrogen and oxygen atoms in total. The average molecular weight is 377 g/mol. The Morgan fingerprint density at radius 3 is 2.44 bits per heavy atom. The number of ether oxygens (including phenoxy) is 1. The summed E-state index contributed by atoms with van der Waals surface area (Å²) in [6, 6.07) is 5.07. The largest absolute Gasteiger partial charge is 0.491 e. The highest BCUT2D eigenvalue weighted by atomic mass is 79.9. The second-order valence-corrected chi connectivity index (χ2v) is 5.25. The molecule has 1 rings (SSSR count). The Hall–Kier alpha value is -1.06. The molecule has 0 fully saturated rings. The van der Waals surface area contributed by atoms with Gasteiger partial charge >= 0.3 is 5.97 Å². The molecule has 1 N–H and O–H groups in total. The van der Waals surface area contributed by atoms with Gasteiger partial charge in [-0.25, -0.2) is 4.79 Å². The Morgan fingerprint density at radius 1 is 1.33 bits per heavy atom. The van der Waals surface area contributed by atoms with Gasteiger partial charge in [0, 0.05) is 6.42 Å². The van der Waals surface area contributed by atoms with E-state index in [1.165, 1.54) is 12.1 Å². The van der Waals surface area contributed by atoms with Gasteiger partial charge in [-0.05, 0) is 56.8 Å². The number of nitriles is 1. The summed E-state index contributed by atoms with van der Waals surface area (Å²) in [5.41, 5.74) is 0.186. The van der Waals surface area contributed by atoms with E-state index < -0.39 is 5.97 Å². The van der Waals surface area contributed by atoms with Crippen LogP contribution in [-0.2, 0) is 0 Å². The van der Waals surface area contributed by atoms with Crippen LogP contribution in [0.3, 0.4) is 0 Å². The third kappa shape index (κ3) is 4.31. The zero-order chi connectivity index (χ0) is 13.5. The van der Waals surface area contributed by atoms with E-state index in [0.29, 0.717) is 27.7 Å². The molecule has 18 heavy (non-hydrogen) atoms. The Balaban J connectivity index is 2.67. The average Bonchev–Trinajstić information content (AvgIpc) is 2.31. The van der Waals surface area contributed by atoms with Crippen molar-refractivity contribution in [3.63, 3.8) is 0 Å². The molecule has 0 saturated carbocycles. The molecule has 0 radical (unpaired) electrons. The number of hydrogen-bond donors (Lipinski definition) is 1. The molecule has 0 atom stereocenters. The molecule has 0 aliphatic carbocycles. The van der Waals surface area contributed by atoms with Gasteiger partial charge in [-0.2, -0.15) is 5.26 Å². The van der Waals surface area contributed by atoms with E-state index in [2.05, 4.69) is 37.9 Å². The fourth-order valence-electron chi connectivity index (χ4n) is 1.30. The van der Waals surface area contributed by atoms with Gasteiger partial charge in [0.05, 0.1) is 27.2 Å². The lowest BCUT2D eigenvalue weighted by atomic mass is 10.2. The number of carboxylic acid groups (broad SMARTS) is 1. The number of nitrogens with zero attached hydrogens (tertiary/aromatic N) is 1. The lowest BCUT2D eigenvalue weighted by molar-refractivity contribution is 0.0696. The number of benzene rings is 1. The van der Waals surface area contributed by atoms with Gasteiger partial charge in [-0.15, -0.1) is 0 Å². The minimum atomic E-state index is -0.989. The van der Waals surface area contributed by atoms with E-state index in [1.807, 2.05) is 0 Å². The summed E-state index contributed by atoms with van der Waals surface area (Å²) < 4.78 is 6.74. The number of halogens is 2. The van der Waals surface area contributed by atoms with Gasteiger partial charge in [-0.3, -0.25) is 0 Å². The van der Waals surface area contributed by atoms with Crippen LogP contribution < -0.4 is 4.74 Å². The van der Waals surface area contributed by atoms with Crippen molar-refractivity contribution < 1.29 is 14.6 Å². The highest BCUT2D eigenvalue weighted by Gasteiger charge is 2.12. The predicted octanol–water partition coefficient (Wildman–Crippen LogP) is 3.98. The van der Waals surface area contributed by atoms with Gasteiger partial charge in [0.25, 0.3) is 0 Å². The minimum Gasteiger partial charge on any atom is -0.491 e. The number of carbonyl (C=O) groups is 1. The van der Waals surface area contributed by atoms with E-state index in [4.69, 9.17) is 15.1 Å².